The number of hydrogen-bond acceptors (Lipinski definition) is 4. The fraction of sp³-hybridized carbons (Fsp3) is 0.533. The van der Waals surface area contributed by atoms with E-state index in [1.165, 1.54) is 87.6 Å². The number of anilines is 1. The minimum Gasteiger partial charge on any atom is -0.478 e. The lowest BCUT2D eigenvalue weighted by Gasteiger charge is -2.25. The van der Waals surface area contributed by atoms with E-state index in [1.54, 1.807) is 0 Å². The van der Waals surface area contributed by atoms with Crippen molar-refractivity contribution in [2.24, 2.45) is 11.7 Å². The van der Waals surface area contributed by atoms with Gasteiger partial charge >= 0.3 is 11.9 Å². The molecule has 36 heavy (non-hydrogen) atoms. The third-order valence-electron chi connectivity index (χ3n) is 6.77. The third-order valence-corrected chi connectivity index (χ3v) is 6.77. The maximum Gasteiger partial charge on any atom is 0.335 e. The zero-order valence-corrected chi connectivity index (χ0v) is 22.5. The molecule has 0 heterocycles. The first-order valence-corrected chi connectivity index (χ1v) is 13.1. The number of carboxylic acids is 2. The van der Waals surface area contributed by atoms with Gasteiger partial charge in [-0.15, -0.1) is 0 Å². The van der Waals surface area contributed by atoms with Crippen molar-refractivity contribution in [3.05, 3.63) is 65.2 Å². The highest BCUT2D eigenvalue weighted by atomic mass is 16.4. The molecule has 200 valence electrons. The van der Waals surface area contributed by atoms with Crippen molar-refractivity contribution in [2.75, 3.05) is 5.73 Å². The SMILES string of the molecule is CC(C)C(N)CCCCCCCCCC(C)(C)c1ccc(N)cc1.O=C(O)c1ccc(C(=O)O)cc1. The van der Waals surface area contributed by atoms with Gasteiger partial charge in [0.15, 0.2) is 0 Å². The Balaban J connectivity index is 0.000000450. The van der Waals surface area contributed by atoms with Crippen molar-refractivity contribution in [1.29, 1.82) is 0 Å². The van der Waals surface area contributed by atoms with E-state index in [1.807, 2.05) is 12.1 Å². The van der Waals surface area contributed by atoms with Gasteiger partial charge in [0.05, 0.1) is 11.1 Å². The van der Waals surface area contributed by atoms with E-state index in [0.717, 1.165) is 5.69 Å². The first-order valence-electron chi connectivity index (χ1n) is 13.1. The first-order chi connectivity index (χ1) is 16.9. The topological polar surface area (TPSA) is 127 Å². The number of aromatic carboxylic acids is 2. The van der Waals surface area contributed by atoms with Crippen LogP contribution in [-0.4, -0.2) is 28.2 Å². The van der Waals surface area contributed by atoms with E-state index < -0.39 is 11.9 Å². The second kappa shape index (κ2) is 16.0. The van der Waals surface area contributed by atoms with Crippen LogP contribution in [0, 0.1) is 5.92 Å². The third kappa shape index (κ3) is 12.2. The summed E-state index contributed by atoms with van der Waals surface area (Å²) < 4.78 is 0. The molecule has 0 aliphatic carbocycles. The van der Waals surface area contributed by atoms with Crippen molar-refractivity contribution in [3.63, 3.8) is 0 Å². The molecule has 2 aromatic carbocycles. The molecule has 0 bridgehead atoms. The predicted octanol–water partition coefficient (Wildman–Crippen LogP) is 7.12. The summed E-state index contributed by atoms with van der Waals surface area (Å²) in [7, 11) is 0. The molecule has 0 amide bonds. The Kier molecular flexibility index (Phi) is 13.9. The van der Waals surface area contributed by atoms with Crippen LogP contribution in [0.5, 0.6) is 0 Å². The van der Waals surface area contributed by atoms with Crippen molar-refractivity contribution >= 4 is 17.6 Å². The summed E-state index contributed by atoms with van der Waals surface area (Å²) in [5, 5.41) is 16.9. The van der Waals surface area contributed by atoms with Gasteiger partial charge in [-0.2, -0.15) is 0 Å². The van der Waals surface area contributed by atoms with E-state index in [4.69, 9.17) is 21.7 Å². The van der Waals surface area contributed by atoms with Gasteiger partial charge in [0.25, 0.3) is 0 Å². The average molecular weight is 499 g/mol. The first kappa shape index (κ1) is 31.2. The fourth-order valence-corrected chi connectivity index (χ4v) is 4.00. The Morgan fingerprint density at radius 1 is 0.750 bits per heavy atom. The van der Waals surface area contributed by atoms with Crippen LogP contribution in [0.4, 0.5) is 5.69 Å². The molecule has 0 saturated carbocycles. The molecule has 0 radical (unpaired) electrons. The molecule has 6 heteroatoms. The number of carbonyl (C=O) groups is 2. The smallest absolute Gasteiger partial charge is 0.335 e. The molecule has 0 aromatic heterocycles. The summed E-state index contributed by atoms with van der Waals surface area (Å²) >= 11 is 0. The Labute approximate surface area is 217 Å². The molecule has 2 aromatic rings. The number of hydrogen-bond donors (Lipinski definition) is 4. The number of carboxylic acid groups (broad SMARTS) is 2. The fourth-order valence-electron chi connectivity index (χ4n) is 4.00. The summed E-state index contributed by atoms with van der Waals surface area (Å²) in [6.07, 6.45) is 11.9. The van der Waals surface area contributed by atoms with Crippen molar-refractivity contribution in [1.82, 2.24) is 0 Å². The van der Waals surface area contributed by atoms with Gasteiger partial charge in [-0.25, -0.2) is 9.59 Å². The highest BCUT2D eigenvalue weighted by Gasteiger charge is 2.19. The Morgan fingerprint density at radius 2 is 1.17 bits per heavy atom. The average Bonchev–Trinajstić information content (AvgIpc) is 2.83. The zero-order chi connectivity index (χ0) is 27.1. The molecule has 0 fully saturated rings. The summed E-state index contributed by atoms with van der Waals surface area (Å²) in [5.74, 6) is -1.51. The van der Waals surface area contributed by atoms with Gasteiger partial charge in [-0.1, -0.05) is 84.8 Å². The minimum atomic E-state index is -1.06. The molecular formula is C30H46N2O4. The van der Waals surface area contributed by atoms with Crippen LogP contribution < -0.4 is 11.5 Å². The zero-order valence-electron chi connectivity index (χ0n) is 22.5. The van der Waals surface area contributed by atoms with Crippen molar-refractivity contribution < 1.29 is 19.8 Å². The second-order valence-corrected chi connectivity index (χ2v) is 10.6. The van der Waals surface area contributed by atoms with E-state index in [-0.39, 0.29) is 16.5 Å². The molecule has 6 nitrogen and oxygen atoms in total. The molecular weight excluding hydrogens is 452 g/mol. The lowest BCUT2D eigenvalue weighted by atomic mass is 9.80. The molecule has 0 aliphatic rings. The maximum absolute atomic E-state index is 10.3. The molecule has 1 atom stereocenters. The number of benzene rings is 2. The Bertz CT molecular complexity index is 873. The van der Waals surface area contributed by atoms with Crippen molar-refractivity contribution in [3.8, 4) is 0 Å². The highest BCUT2D eigenvalue weighted by Crippen LogP contribution is 2.30. The Hall–Kier alpha value is -2.86. The number of nitrogen functional groups attached to an aromatic ring is 1. The molecule has 0 spiro atoms. The quantitative estimate of drug-likeness (QED) is 0.162. The number of rotatable bonds is 14. The predicted molar refractivity (Wildman–Crippen MR) is 149 cm³/mol. The van der Waals surface area contributed by atoms with Crippen LogP contribution in [0.15, 0.2) is 48.5 Å². The van der Waals surface area contributed by atoms with Crippen LogP contribution in [0.1, 0.15) is 112 Å². The van der Waals surface area contributed by atoms with Gasteiger partial charge in [-0.3, -0.25) is 0 Å². The highest BCUT2D eigenvalue weighted by molar-refractivity contribution is 5.91. The molecule has 1 unspecified atom stereocenters. The Morgan fingerprint density at radius 3 is 1.58 bits per heavy atom. The van der Waals surface area contributed by atoms with E-state index in [0.29, 0.717) is 12.0 Å². The number of unbranched alkanes of at least 4 members (excludes halogenated alkanes) is 6. The van der Waals surface area contributed by atoms with Gasteiger partial charge in [0.2, 0.25) is 0 Å². The van der Waals surface area contributed by atoms with E-state index >= 15 is 0 Å². The van der Waals surface area contributed by atoms with Crippen LogP contribution in [0.3, 0.4) is 0 Å². The lowest BCUT2D eigenvalue weighted by molar-refractivity contribution is 0.0681. The van der Waals surface area contributed by atoms with Crippen molar-refractivity contribution in [2.45, 2.75) is 96.9 Å². The largest absolute Gasteiger partial charge is 0.478 e. The molecule has 0 aliphatic heterocycles. The molecule has 6 N–H and O–H groups in total. The summed E-state index contributed by atoms with van der Waals surface area (Å²) in [6, 6.07) is 13.8. The van der Waals surface area contributed by atoms with Crippen LogP contribution in [0.2, 0.25) is 0 Å². The van der Waals surface area contributed by atoms with Crippen LogP contribution in [0.25, 0.3) is 0 Å². The summed E-state index contributed by atoms with van der Waals surface area (Å²) in [6.45, 7) is 9.13. The monoisotopic (exact) mass is 498 g/mol. The maximum atomic E-state index is 10.3. The van der Waals surface area contributed by atoms with E-state index in [9.17, 15) is 9.59 Å². The van der Waals surface area contributed by atoms with Gasteiger partial charge in [0, 0.05) is 11.7 Å². The van der Waals surface area contributed by atoms with E-state index in [2.05, 4.69) is 39.8 Å². The normalized spacial score (nSPS) is 12.1. The molecule has 2 rings (SSSR count). The summed E-state index contributed by atoms with van der Waals surface area (Å²) in [4.78, 5) is 20.7. The van der Waals surface area contributed by atoms with Gasteiger partial charge in [-0.05, 0) is 66.1 Å². The lowest BCUT2D eigenvalue weighted by Crippen LogP contribution is -2.25. The standard InChI is InChI=1S/C22H40N2.C8H6O4/c1-18(2)21(24)12-10-8-6-5-7-9-11-17-22(3,4)19-13-15-20(23)16-14-19;9-7(10)5-1-2-6(4-3-5)8(11)12/h13-16,18,21H,5-12,17,23-24H2,1-4H3;1-4H,(H,9,10)(H,11,12). The van der Waals surface area contributed by atoms with Gasteiger partial charge < -0.3 is 21.7 Å². The number of nitrogens with two attached hydrogens (primary N) is 2. The van der Waals surface area contributed by atoms with Crippen LogP contribution in [-0.2, 0) is 5.41 Å². The van der Waals surface area contributed by atoms with Gasteiger partial charge in [0.1, 0.15) is 0 Å². The molecule has 0 saturated heterocycles. The second-order valence-electron chi connectivity index (χ2n) is 10.6. The minimum absolute atomic E-state index is 0.0833. The summed E-state index contributed by atoms with van der Waals surface area (Å²) in [5.41, 5.74) is 14.5. The van der Waals surface area contributed by atoms with Crippen LogP contribution >= 0.6 is 0 Å².